The first-order chi connectivity index (χ1) is 11.5. The largest absolute Gasteiger partial charge is 0.345 e. The van der Waals surface area contributed by atoms with Gasteiger partial charge in [0.05, 0.1) is 17.8 Å². The van der Waals surface area contributed by atoms with Gasteiger partial charge in [0, 0.05) is 22.6 Å². The number of halogens is 1. The summed E-state index contributed by atoms with van der Waals surface area (Å²) in [5.74, 6) is -0.172. The third kappa shape index (κ3) is 3.26. The van der Waals surface area contributed by atoms with Crippen LogP contribution in [0.3, 0.4) is 0 Å². The molecule has 0 aliphatic carbocycles. The molecule has 0 bridgehead atoms. The maximum Gasteiger partial charge on any atom is 0.253 e. The van der Waals surface area contributed by atoms with Gasteiger partial charge in [0.25, 0.3) is 5.91 Å². The maximum absolute atomic E-state index is 12.5. The average molecular weight is 343 g/mol. The highest BCUT2D eigenvalue weighted by Gasteiger charge is 2.14. The van der Waals surface area contributed by atoms with Gasteiger partial charge in [-0.15, -0.1) is 0 Å². The van der Waals surface area contributed by atoms with Crippen LogP contribution in [0.4, 0.5) is 0 Å². The number of nitrogens with zero attached hydrogens (tertiary/aromatic N) is 3. The Morgan fingerprint density at radius 3 is 2.71 bits per heavy atom. The number of aromatic nitrogens is 3. The SMILES string of the molecule is CC(C)n1ncc2cc(C(=O)N[C@@H](C)c3cccc(Cl)c3)cnc21. The molecule has 0 radical (unpaired) electrons. The van der Waals surface area contributed by atoms with Crippen molar-refractivity contribution in [1.82, 2.24) is 20.1 Å². The molecule has 1 aromatic carbocycles. The van der Waals surface area contributed by atoms with Crippen LogP contribution in [-0.4, -0.2) is 20.7 Å². The average Bonchev–Trinajstić information content (AvgIpc) is 2.98. The molecule has 3 rings (SSSR count). The van der Waals surface area contributed by atoms with Crippen molar-refractivity contribution in [3.05, 3.63) is 58.9 Å². The Balaban J connectivity index is 1.81. The predicted molar refractivity (Wildman–Crippen MR) is 95.2 cm³/mol. The molecule has 1 atom stereocenters. The third-order valence-corrected chi connectivity index (χ3v) is 4.12. The van der Waals surface area contributed by atoms with E-state index in [0.29, 0.717) is 10.6 Å². The van der Waals surface area contributed by atoms with E-state index in [-0.39, 0.29) is 18.0 Å². The fourth-order valence-corrected chi connectivity index (χ4v) is 2.78. The zero-order valence-corrected chi connectivity index (χ0v) is 14.6. The summed E-state index contributed by atoms with van der Waals surface area (Å²) in [6, 6.07) is 9.35. The number of nitrogens with one attached hydrogen (secondary N) is 1. The zero-order chi connectivity index (χ0) is 17.3. The quantitative estimate of drug-likeness (QED) is 0.774. The molecule has 6 heteroatoms. The molecule has 24 heavy (non-hydrogen) atoms. The monoisotopic (exact) mass is 342 g/mol. The van der Waals surface area contributed by atoms with Gasteiger partial charge >= 0.3 is 0 Å². The molecule has 124 valence electrons. The minimum atomic E-state index is -0.172. The number of hydrogen-bond acceptors (Lipinski definition) is 3. The fraction of sp³-hybridized carbons (Fsp3) is 0.278. The number of carbonyl (C=O) groups excluding carboxylic acids is 1. The Morgan fingerprint density at radius 2 is 2.00 bits per heavy atom. The van der Waals surface area contributed by atoms with Crippen LogP contribution in [0.15, 0.2) is 42.7 Å². The summed E-state index contributed by atoms with van der Waals surface area (Å²) in [6.07, 6.45) is 3.32. The van der Waals surface area contributed by atoms with Gasteiger partial charge < -0.3 is 5.32 Å². The lowest BCUT2D eigenvalue weighted by Crippen LogP contribution is -2.26. The maximum atomic E-state index is 12.5. The van der Waals surface area contributed by atoms with Crippen molar-refractivity contribution >= 4 is 28.5 Å². The van der Waals surface area contributed by atoms with Crippen LogP contribution in [0, 0.1) is 0 Å². The summed E-state index contributed by atoms with van der Waals surface area (Å²) in [4.78, 5) is 16.9. The number of fused-ring (bicyclic) bond motifs is 1. The standard InChI is InChI=1S/C18H19ClN4O/c1-11(2)23-17-14(10-21-23)7-15(9-20-17)18(24)22-12(3)13-5-4-6-16(19)8-13/h4-12H,1-3H3,(H,22,24)/t12-/m0/s1. The Morgan fingerprint density at radius 1 is 1.21 bits per heavy atom. The highest BCUT2D eigenvalue weighted by atomic mass is 35.5. The smallest absolute Gasteiger partial charge is 0.253 e. The summed E-state index contributed by atoms with van der Waals surface area (Å²) < 4.78 is 1.84. The highest BCUT2D eigenvalue weighted by Crippen LogP contribution is 2.19. The minimum absolute atomic E-state index is 0.148. The number of amides is 1. The highest BCUT2D eigenvalue weighted by molar-refractivity contribution is 6.30. The van der Waals surface area contributed by atoms with Crippen molar-refractivity contribution in [3.8, 4) is 0 Å². The second-order valence-electron chi connectivity index (χ2n) is 6.07. The molecule has 0 saturated heterocycles. The molecule has 0 spiro atoms. The summed E-state index contributed by atoms with van der Waals surface area (Å²) in [7, 11) is 0. The van der Waals surface area contributed by atoms with E-state index in [1.165, 1.54) is 0 Å². The summed E-state index contributed by atoms with van der Waals surface area (Å²) in [5, 5.41) is 8.79. The number of benzene rings is 1. The van der Waals surface area contributed by atoms with E-state index >= 15 is 0 Å². The molecule has 0 fully saturated rings. The molecule has 2 aromatic heterocycles. The Labute approximate surface area is 145 Å². The van der Waals surface area contributed by atoms with Crippen molar-refractivity contribution in [3.63, 3.8) is 0 Å². The van der Waals surface area contributed by atoms with Gasteiger partial charge in [-0.3, -0.25) is 4.79 Å². The van der Waals surface area contributed by atoms with Gasteiger partial charge in [0.2, 0.25) is 0 Å². The molecule has 3 aromatic rings. The van der Waals surface area contributed by atoms with E-state index < -0.39 is 0 Å². The third-order valence-electron chi connectivity index (χ3n) is 3.88. The lowest BCUT2D eigenvalue weighted by molar-refractivity contribution is 0.0939. The van der Waals surface area contributed by atoms with Crippen LogP contribution in [0.5, 0.6) is 0 Å². The van der Waals surface area contributed by atoms with Gasteiger partial charge in [0.15, 0.2) is 5.65 Å². The van der Waals surface area contributed by atoms with Gasteiger partial charge in [-0.05, 0) is 44.5 Å². The predicted octanol–water partition coefficient (Wildman–Crippen LogP) is 4.16. The van der Waals surface area contributed by atoms with Gasteiger partial charge in [0.1, 0.15) is 0 Å². The molecule has 0 saturated carbocycles. The van der Waals surface area contributed by atoms with Gasteiger partial charge in [-0.25, -0.2) is 9.67 Å². The molecule has 0 aliphatic heterocycles. The van der Waals surface area contributed by atoms with E-state index in [0.717, 1.165) is 16.6 Å². The van der Waals surface area contributed by atoms with E-state index in [9.17, 15) is 4.79 Å². The molecule has 5 nitrogen and oxygen atoms in total. The molecule has 1 N–H and O–H groups in total. The summed E-state index contributed by atoms with van der Waals surface area (Å²) in [5.41, 5.74) is 2.25. The van der Waals surface area contributed by atoms with Crippen LogP contribution in [0.1, 0.15) is 48.8 Å². The first-order valence-corrected chi connectivity index (χ1v) is 8.23. The minimum Gasteiger partial charge on any atom is -0.345 e. The summed E-state index contributed by atoms with van der Waals surface area (Å²) in [6.45, 7) is 6.01. The van der Waals surface area contributed by atoms with Crippen LogP contribution in [-0.2, 0) is 0 Å². The second-order valence-corrected chi connectivity index (χ2v) is 6.51. The van der Waals surface area contributed by atoms with Gasteiger partial charge in [-0.1, -0.05) is 23.7 Å². The molecule has 2 heterocycles. The lowest BCUT2D eigenvalue weighted by Gasteiger charge is -2.14. The van der Waals surface area contributed by atoms with Crippen LogP contribution < -0.4 is 5.32 Å². The molecule has 0 unspecified atom stereocenters. The normalized spacial score (nSPS) is 12.5. The Hall–Kier alpha value is -2.40. The number of carbonyl (C=O) groups is 1. The van der Waals surface area contributed by atoms with E-state index in [2.05, 4.69) is 15.4 Å². The number of pyridine rings is 1. The van der Waals surface area contributed by atoms with Crippen LogP contribution >= 0.6 is 11.6 Å². The van der Waals surface area contributed by atoms with Crippen LogP contribution in [0.2, 0.25) is 5.02 Å². The fourth-order valence-electron chi connectivity index (χ4n) is 2.58. The lowest BCUT2D eigenvalue weighted by atomic mass is 10.1. The first-order valence-electron chi connectivity index (χ1n) is 7.85. The number of hydrogen-bond donors (Lipinski definition) is 1. The molecule has 1 amide bonds. The van der Waals surface area contributed by atoms with Crippen molar-refractivity contribution in [2.45, 2.75) is 32.9 Å². The van der Waals surface area contributed by atoms with E-state index in [1.54, 1.807) is 12.4 Å². The first kappa shape index (κ1) is 16.5. The van der Waals surface area contributed by atoms with E-state index in [1.807, 2.05) is 55.8 Å². The molecule has 0 aliphatic rings. The van der Waals surface area contributed by atoms with E-state index in [4.69, 9.17) is 11.6 Å². The van der Waals surface area contributed by atoms with Gasteiger partial charge in [-0.2, -0.15) is 5.10 Å². The van der Waals surface area contributed by atoms with Crippen molar-refractivity contribution in [1.29, 1.82) is 0 Å². The van der Waals surface area contributed by atoms with Crippen molar-refractivity contribution < 1.29 is 4.79 Å². The van der Waals surface area contributed by atoms with Crippen LogP contribution in [0.25, 0.3) is 11.0 Å². The van der Waals surface area contributed by atoms with Crippen molar-refractivity contribution in [2.75, 3.05) is 0 Å². The molecular weight excluding hydrogens is 324 g/mol. The Kier molecular flexibility index (Phi) is 4.53. The Bertz CT molecular complexity index is 888. The summed E-state index contributed by atoms with van der Waals surface area (Å²) >= 11 is 6.00. The van der Waals surface area contributed by atoms with Crippen molar-refractivity contribution in [2.24, 2.45) is 0 Å². The zero-order valence-electron chi connectivity index (χ0n) is 13.8. The topological polar surface area (TPSA) is 59.8 Å². The second kappa shape index (κ2) is 6.61. The molecular formula is C18H19ClN4O. The number of rotatable bonds is 4.